The Morgan fingerprint density at radius 2 is 1.85 bits per heavy atom. The highest BCUT2D eigenvalue weighted by Gasteiger charge is 2.40. The second-order valence-corrected chi connectivity index (χ2v) is 6.38. The van der Waals surface area contributed by atoms with Crippen molar-refractivity contribution in [2.45, 2.75) is 18.6 Å². The molecule has 3 heterocycles. The molecule has 8 heteroatoms. The normalized spacial score (nSPS) is 18.8. The zero-order valence-electron chi connectivity index (χ0n) is 14.4. The van der Waals surface area contributed by atoms with Gasteiger partial charge in [0.2, 0.25) is 5.95 Å². The molecule has 2 aliphatic heterocycles. The van der Waals surface area contributed by atoms with Gasteiger partial charge in [-0.2, -0.15) is 4.98 Å². The third-order valence-electron chi connectivity index (χ3n) is 4.70. The summed E-state index contributed by atoms with van der Waals surface area (Å²) in [5.41, 5.74) is 6.96. The van der Waals surface area contributed by atoms with E-state index in [4.69, 9.17) is 15.2 Å². The number of aromatic nitrogens is 2. The van der Waals surface area contributed by atoms with E-state index >= 15 is 0 Å². The number of nitrogens with zero attached hydrogens (tertiary/aromatic N) is 3. The molecule has 2 aliphatic rings. The van der Waals surface area contributed by atoms with Crippen LogP contribution in [0.5, 0.6) is 0 Å². The van der Waals surface area contributed by atoms with Crippen LogP contribution in [0.3, 0.4) is 0 Å². The Morgan fingerprint density at radius 3 is 2.50 bits per heavy atom. The Bertz CT molecular complexity index is 783. The van der Waals surface area contributed by atoms with Crippen molar-refractivity contribution in [2.75, 3.05) is 42.3 Å². The Morgan fingerprint density at radius 1 is 1.15 bits per heavy atom. The third kappa shape index (κ3) is 3.33. The van der Waals surface area contributed by atoms with Crippen LogP contribution in [0.2, 0.25) is 0 Å². The summed E-state index contributed by atoms with van der Waals surface area (Å²) in [7, 11) is 0. The smallest absolute Gasteiger partial charge is 0.260 e. The summed E-state index contributed by atoms with van der Waals surface area (Å²) in [5, 5.41) is 2.79. The van der Waals surface area contributed by atoms with E-state index in [0.29, 0.717) is 24.8 Å². The molecular formula is C18H21N5O3. The number of para-hydroxylation sites is 1. The van der Waals surface area contributed by atoms with Crippen molar-refractivity contribution in [1.82, 2.24) is 9.97 Å². The molecule has 2 aromatic rings. The minimum Gasteiger partial charge on any atom is -0.383 e. The molecule has 2 saturated heterocycles. The molecule has 4 rings (SSSR count). The molecule has 1 spiro atoms. The van der Waals surface area contributed by atoms with Crippen LogP contribution in [0.25, 0.3) is 0 Å². The number of amides is 1. The van der Waals surface area contributed by atoms with Crippen molar-refractivity contribution in [2.24, 2.45) is 0 Å². The summed E-state index contributed by atoms with van der Waals surface area (Å²) in [4.78, 5) is 23.1. The summed E-state index contributed by atoms with van der Waals surface area (Å²) in [6, 6.07) is 9.19. The number of carbonyl (C=O) groups is 1. The lowest BCUT2D eigenvalue weighted by atomic mass is 10.0. The van der Waals surface area contributed by atoms with Crippen molar-refractivity contribution in [3.8, 4) is 0 Å². The summed E-state index contributed by atoms with van der Waals surface area (Å²) in [6.45, 7) is 2.73. The molecule has 0 unspecified atom stereocenters. The maximum Gasteiger partial charge on any atom is 0.260 e. The fourth-order valence-corrected chi connectivity index (χ4v) is 3.27. The molecule has 2 fully saturated rings. The Balaban J connectivity index is 1.44. The summed E-state index contributed by atoms with van der Waals surface area (Å²) in [6.07, 6.45) is 2.99. The van der Waals surface area contributed by atoms with Crippen LogP contribution >= 0.6 is 0 Å². The molecule has 1 aromatic heterocycles. The Hall–Kier alpha value is -2.71. The number of anilines is 3. The molecule has 0 bridgehead atoms. The highest BCUT2D eigenvalue weighted by Crippen LogP contribution is 2.32. The standard InChI is InChI=1S/C18H21N5O3/c19-15-14(16(24)21-13-4-2-1-3-5-13)12-20-17(22-15)23-8-6-18(7-9-23)25-10-11-26-18/h1-5,12H,6-11H2,(H,21,24)(H2,19,20,22). The number of nitrogen functional groups attached to an aromatic ring is 1. The van der Waals surface area contributed by atoms with Crippen LogP contribution in [0.1, 0.15) is 23.2 Å². The SMILES string of the molecule is Nc1nc(N2CCC3(CC2)OCCO3)ncc1C(=O)Nc1ccccc1. The molecule has 1 amide bonds. The number of ether oxygens (including phenoxy) is 2. The molecule has 0 atom stereocenters. The second-order valence-electron chi connectivity index (χ2n) is 6.38. The number of benzene rings is 1. The average molecular weight is 355 g/mol. The molecular weight excluding hydrogens is 334 g/mol. The maximum absolute atomic E-state index is 12.4. The van der Waals surface area contributed by atoms with Crippen LogP contribution in [0.15, 0.2) is 36.5 Å². The van der Waals surface area contributed by atoms with E-state index in [1.54, 1.807) is 12.1 Å². The molecule has 1 aromatic carbocycles. The monoisotopic (exact) mass is 355 g/mol. The van der Waals surface area contributed by atoms with E-state index in [2.05, 4.69) is 15.3 Å². The molecule has 0 radical (unpaired) electrons. The van der Waals surface area contributed by atoms with Gasteiger partial charge in [-0.3, -0.25) is 4.79 Å². The van der Waals surface area contributed by atoms with E-state index in [9.17, 15) is 4.79 Å². The molecule has 136 valence electrons. The van der Waals surface area contributed by atoms with E-state index in [1.165, 1.54) is 6.20 Å². The number of hydrogen-bond donors (Lipinski definition) is 2. The Kier molecular flexibility index (Phi) is 4.44. The van der Waals surface area contributed by atoms with E-state index in [1.807, 2.05) is 23.1 Å². The zero-order valence-corrected chi connectivity index (χ0v) is 14.4. The quantitative estimate of drug-likeness (QED) is 0.863. The minimum absolute atomic E-state index is 0.164. The molecule has 0 aliphatic carbocycles. The van der Waals surface area contributed by atoms with Crippen molar-refractivity contribution in [3.63, 3.8) is 0 Å². The second kappa shape index (κ2) is 6.89. The van der Waals surface area contributed by atoms with Gasteiger partial charge in [0.25, 0.3) is 5.91 Å². The predicted molar refractivity (Wildman–Crippen MR) is 96.9 cm³/mol. The van der Waals surface area contributed by atoms with Crippen LogP contribution in [-0.2, 0) is 9.47 Å². The fraction of sp³-hybridized carbons (Fsp3) is 0.389. The molecule has 26 heavy (non-hydrogen) atoms. The number of hydrogen-bond acceptors (Lipinski definition) is 7. The van der Waals surface area contributed by atoms with E-state index in [-0.39, 0.29) is 17.3 Å². The topological polar surface area (TPSA) is 103 Å². The van der Waals surface area contributed by atoms with Crippen LogP contribution in [-0.4, -0.2) is 48.0 Å². The lowest BCUT2D eigenvalue weighted by molar-refractivity contribution is -0.169. The summed E-state index contributed by atoms with van der Waals surface area (Å²) < 4.78 is 11.5. The first-order valence-corrected chi connectivity index (χ1v) is 8.67. The highest BCUT2D eigenvalue weighted by atomic mass is 16.7. The maximum atomic E-state index is 12.4. The fourth-order valence-electron chi connectivity index (χ4n) is 3.27. The largest absolute Gasteiger partial charge is 0.383 e. The van der Waals surface area contributed by atoms with Gasteiger partial charge in [0, 0.05) is 37.8 Å². The first kappa shape index (κ1) is 16.7. The van der Waals surface area contributed by atoms with Crippen LogP contribution in [0.4, 0.5) is 17.5 Å². The van der Waals surface area contributed by atoms with Gasteiger partial charge in [0.05, 0.1) is 13.2 Å². The zero-order chi connectivity index (χ0) is 18.0. The van der Waals surface area contributed by atoms with Crippen molar-refractivity contribution < 1.29 is 14.3 Å². The first-order chi connectivity index (χ1) is 12.7. The number of carbonyl (C=O) groups excluding carboxylic acids is 1. The van der Waals surface area contributed by atoms with Crippen molar-refractivity contribution >= 4 is 23.4 Å². The van der Waals surface area contributed by atoms with Gasteiger partial charge in [-0.25, -0.2) is 4.98 Å². The van der Waals surface area contributed by atoms with Gasteiger partial charge in [-0.05, 0) is 12.1 Å². The number of rotatable bonds is 3. The van der Waals surface area contributed by atoms with Gasteiger partial charge in [-0.15, -0.1) is 0 Å². The highest BCUT2D eigenvalue weighted by molar-refractivity contribution is 6.07. The molecule has 3 N–H and O–H groups in total. The van der Waals surface area contributed by atoms with E-state index < -0.39 is 5.79 Å². The van der Waals surface area contributed by atoms with Crippen molar-refractivity contribution in [1.29, 1.82) is 0 Å². The summed E-state index contributed by atoms with van der Waals surface area (Å²) >= 11 is 0. The molecule has 0 saturated carbocycles. The minimum atomic E-state index is -0.447. The van der Waals surface area contributed by atoms with Gasteiger partial charge in [-0.1, -0.05) is 18.2 Å². The third-order valence-corrected chi connectivity index (χ3v) is 4.70. The first-order valence-electron chi connectivity index (χ1n) is 8.67. The van der Waals surface area contributed by atoms with Gasteiger partial charge < -0.3 is 25.4 Å². The number of nitrogens with two attached hydrogens (primary N) is 1. The lowest BCUT2D eigenvalue weighted by Crippen LogP contribution is -2.45. The number of nitrogens with one attached hydrogen (secondary N) is 1. The van der Waals surface area contributed by atoms with E-state index in [0.717, 1.165) is 25.9 Å². The molecule has 8 nitrogen and oxygen atoms in total. The number of piperidine rings is 1. The average Bonchev–Trinajstić information content (AvgIpc) is 3.11. The van der Waals surface area contributed by atoms with Gasteiger partial charge in [0.1, 0.15) is 11.4 Å². The van der Waals surface area contributed by atoms with Gasteiger partial charge >= 0.3 is 0 Å². The Labute approximate surface area is 151 Å². The van der Waals surface area contributed by atoms with Crippen molar-refractivity contribution in [3.05, 3.63) is 42.1 Å². The predicted octanol–water partition coefficient (Wildman–Crippen LogP) is 1.65. The van der Waals surface area contributed by atoms with Crippen LogP contribution < -0.4 is 16.0 Å². The van der Waals surface area contributed by atoms with Gasteiger partial charge in [0.15, 0.2) is 5.79 Å². The lowest BCUT2D eigenvalue weighted by Gasteiger charge is -2.37. The van der Waals surface area contributed by atoms with Crippen LogP contribution in [0, 0.1) is 0 Å². The summed E-state index contributed by atoms with van der Waals surface area (Å²) in [5.74, 6) is -0.0910.